The van der Waals surface area contributed by atoms with E-state index in [-0.39, 0.29) is 5.56 Å². The summed E-state index contributed by atoms with van der Waals surface area (Å²) in [5, 5.41) is 4.67. The SMILES string of the molecule is Cn1nc(-c2ccncc2)c(-c2c(F)cccc2Cl)c1N. The summed E-state index contributed by atoms with van der Waals surface area (Å²) in [5.74, 6) is -0.0775. The van der Waals surface area contributed by atoms with Crippen LogP contribution in [-0.2, 0) is 7.05 Å². The minimum atomic E-state index is -0.433. The normalized spacial score (nSPS) is 10.8. The predicted octanol–water partition coefficient (Wildman–Crippen LogP) is 3.52. The number of aromatic nitrogens is 3. The van der Waals surface area contributed by atoms with E-state index in [1.807, 2.05) is 0 Å². The van der Waals surface area contributed by atoms with Crippen molar-refractivity contribution in [3.63, 3.8) is 0 Å². The Labute approximate surface area is 126 Å². The fourth-order valence-corrected chi connectivity index (χ4v) is 2.49. The molecule has 0 atom stereocenters. The lowest BCUT2D eigenvalue weighted by Crippen LogP contribution is -1.98. The van der Waals surface area contributed by atoms with Crippen molar-refractivity contribution < 1.29 is 4.39 Å². The monoisotopic (exact) mass is 302 g/mol. The number of anilines is 1. The molecule has 106 valence electrons. The van der Waals surface area contributed by atoms with Crippen LogP contribution in [0, 0.1) is 5.82 Å². The van der Waals surface area contributed by atoms with Crippen LogP contribution in [0.1, 0.15) is 0 Å². The van der Waals surface area contributed by atoms with Gasteiger partial charge in [0.2, 0.25) is 0 Å². The first-order valence-corrected chi connectivity index (χ1v) is 6.64. The van der Waals surface area contributed by atoms with Crippen LogP contribution in [0.2, 0.25) is 5.02 Å². The third-order valence-corrected chi connectivity index (χ3v) is 3.57. The van der Waals surface area contributed by atoms with Crippen molar-refractivity contribution in [2.45, 2.75) is 0 Å². The van der Waals surface area contributed by atoms with Gasteiger partial charge in [0.25, 0.3) is 0 Å². The smallest absolute Gasteiger partial charge is 0.132 e. The number of pyridine rings is 1. The largest absolute Gasteiger partial charge is 0.383 e. The summed E-state index contributed by atoms with van der Waals surface area (Å²) >= 11 is 6.16. The van der Waals surface area contributed by atoms with Crippen LogP contribution in [-0.4, -0.2) is 14.8 Å². The molecule has 1 aromatic carbocycles. The molecule has 6 heteroatoms. The topological polar surface area (TPSA) is 56.7 Å². The van der Waals surface area contributed by atoms with Crippen LogP contribution in [0.3, 0.4) is 0 Å². The molecule has 0 amide bonds. The molecule has 0 saturated carbocycles. The molecule has 0 aliphatic carbocycles. The van der Waals surface area contributed by atoms with Crippen molar-refractivity contribution >= 4 is 17.4 Å². The van der Waals surface area contributed by atoms with E-state index in [4.69, 9.17) is 17.3 Å². The minimum absolute atomic E-state index is 0.261. The Kier molecular flexibility index (Phi) is 3.35. The van der Waals surface area contributed by atoms with Gasteiger partial charge in [-0.1, -0.05) is 17.7 Å². The van der Waals surface area contributed by atoms with Gasteiger partial charge in [-0.2, -0.15) is 5.10 Å². The zero-order valence-corrected chi connectivity index (χ0v) is 12.0. The van der Waals surface area contributed by atoms with Crippen LogP contribution < -0.4 is 5.73 Å². The Morgan fingerprint density at radius 3 is 2.52 bits per heavy atom. The fraction of sp³-hybridized carbons (Fsp3) is 0.0667. The number of nitrogens with zero attached hydrogens (tertiary/aromatic N) is 3. The van der Waals surface area contributed by atoms with Crippen LogP contribution >= 0.6 is 11.6 Å². The van der Waals surface area contributed by atoms with Gasteiger partial charge in [-0.25, -0.2) is 4.39 Å². The van der Waals surface area contributed by atoms with Crippen LogP contribution in [0.25, 0.3) is 22.4 Å². The molecule has 0 spiro atoms. The number of rotatable bonds is 2. The maximum Gasteiger partial charge on any atom is 0.132 e. The highest BCUT2D eigenvalue weighted by molar-refractivity contribution is 6.33. The molecule has 2 heterocycles. The third-order valence-electron chi connectivity index (χ3n) is 3.26. The summed E-state index contributed by atoms with van der Waals surface area (Å²) in [6.45, 7) is 0. The summed E-state index contributed by atoms with van der Waals surface area (Å²) < 4.78 is 15.7. The van der Waals surface area contributed by atoms with Crippen molar-refractivity contribution in [3.8, 4) is 22.4 Å². The Balaban J connectivity index is 2.33. The molecule has 3 aromatic rings. The van der Waals surface area contributed by atoms with E-state index in [9.17, 15) is 4.39 Å². The average Bonchev–Trinajstić information content (AvgIpc) is 2.77. The van der Waals surface area contributed by atoms with E-state index in [1.54, 1.807) is 43.7 Å². The van der Waals surface area contributed by atoms with Crippen molar-refractivity contribution in [2.75, 3.05) is 5.73 Å². The molecular weight excluding hydrogens is 291 g/mol. The molecular formula is C15H12ClFN4. The van der Waals surface area contributed by atoms with E-state index in [2.05, 4.69) is 10.1 Å². The summed E-state index contributed by atoms with van der Waals surface area (Å²) in [6, 6.07) is 8.12. The van der Waals surface area contributed by atoms with E-state index in [1.165, 1.54) is 10.7 Å². The van der Waals surface area contributed by atoms with E-state index < -0.39 is 5.82 Å². The lowest BCUT2D eigenvalue weighted by Gasteiger charge is -2.07. The molecule has 2 aromatic heterocycles. The van der Waals surface area contributed by atoms with Crippen molar-refractivity contribution in [3.05, 3.63) is 53.6 Å². The quantitative estimate of drug-likeness (QED) is 0.788. The molecule has 0 radical (unpaired) electrons. The molecule has 21 heavy (non-hydrogen) atoms. The molecule has 0 aliphatic rings. The van der Waals surface area contributed by atoms with Gasteiger partial charge in [0.1, 0.15) is 17.3 Å². The zero-order chi connectivity index (χ0) is 15.0. The van der Waals surface area contributed by atoms with E-state index in [0.29, 0.717) is 22.1 Å². The third kappa shape index (κ3) is 2.25. The second-order valence-electron chi connectivity index (χ2n) is 4.57. The predicted molar refractivity (Wildman–Crippen MR) is 81.3 cm³/mol. The lowest BCUT2D eigenvalue weighted by molar-refractivity contribution is 0.631. The minimum Gasteiger partial charge on any atom is -0.383 e. The highest BCUT2D eigenvalue weighted by Crippen LogP contribution is 2.40. The molecule has 0 unspecified atom stereocenters. The highest BCUT2D eigenvalue weighted by Gasteiger charge is 2.22. The number of hydrogen-bond donors (Lipinski definition) is 1. The summed E-state index contributed by atoms with van der Waals surface area (Å²) in [5.41, 5.74) is 8.19. The van der Waals surface area contributed by atoms with Gasteiger partial charge in [-0.05, 0) is 24.3 Å². The molecule has 2 N–H and O–H groups in total. The number of benzene rings is 1. The standard InChI is InChI=1S/C15H12ClFN4/c1-21-15(18)13(12-10(16)3-2-4-11(12)17)14(20-21)9-5-7-19-8-6-9/h2-8H,18H2,1H3. The Hall–Kier alpha value is -2.40. The maximum atomic E-state index is 14.2. The van der Waals surface area contributed by atoms with E-state index in [0.717, 1.165) is 5.56 Å². The molecule has 0 saturated heterocycles. The molecule has 0 fully saturated rings. The number of nitrogen functional groups attached to an aromatic ring is 1. The van der Waals surface area contributed by atoms with Gasteiger partial charge in [0, 0.05) is 30.6 Å². The summed E-state index contributed by atoms with van der Waals surface area (Å²) in [4.78, 5) is 3.97. The van der Waals surface area contributed by atoms with Gasteiger partial charge >= 0.3 is 0 Å². The maximum absolute atomic E-state index is 14.2. The number of aryl methyl sites for hydroxylation is 1. The summed E-state index contributed by atoms with van der Waals surface area (Å²) in [6.07, 6.45) is 3.29. The van der Waals surface area contributed by atoms with Gasteiger partial charge < -0.3 is 5.73 Å². The first kappa shape index (κ1) is 13.6. The van der Waals surface area contributed by atoms with Crippen molar-refractivity contribution in [1.29, 1.82) is 0 Å². The molecule has 3 rings (SSSR count). The lowest BCUT2D eigenvalue weighted by atomic mass is 10.0. The number of nitrogens with two attached hydrogens (primary N) is 1. The van der Waals surface area contributed by atoms with E-state index >= 15 is 0 Å². The fourth-order valence-electron chi connectivity index (χ4n) is 2.23. The van der Waals surface area contributed by atoms with Crippen molar-refractivity contribution in [1.82, 2.24) is 14.8 Å². The Morgan fingerprint density at radius 1 is 1.14 bits per heavy atom. The molecule has 0 aliphatic heterocycles. The van der Waals surface area contributed by atoms with Crippen molar-refractivity contribution in [2.24, 2.45) is 7.05 Å². The van der Waals surface area contributed by atoms with Gasteiger partial charge in [-0.3, -0.25) is 9.67 Å². The first-order chi connectivity index (χ1) is 10.1. The van der Waals surface area contributed by atoms with Gasteiger partial charge in [-0.15, -0.1) is 0 Å². The average molecular weight is 303 g/mol. The number of halogens is 2. The van der Waals surface area contributed by atoms with Gasteiger partial charge in [0.05, 0.1) is 10.6 Å². The Morgan fingerprint density at radius 2 is 1.86 bits per heavy atom. The second-order valence-corrected chi connectivity index (χ2v) is 4.97. The highest BCUT2D eigenvalue weighted by atomic mass is 35.5. The van der Waals surface area contributed by atoms with Crippen LogP contribution in [0.15, 0.2) is 42.7 Å². The molecule has 4 nitrogen and oxygen atoms in total. The molecule has 0 bridgehead atoms. The number of hydrogen-bond acceptors (Lipinski definition) is 3. The van der Waals surface area contributed by atoms with Crippen LogP contribution in [0.4, 0.5) is 10.2 Å². The second kappa shape index (κ2) is 5.18. The first-order valence-electron chi connectivity index (χ1n) is 6.27. The summed E-state index contributed by atoms with van der Waals surface area (Å²) in [7, 11) is 1.71. The van der Waals surface area contributed by atoms with Crippen LogP contribution in [0.5, 0.6) is 0 Å². The Bertz CT molecular complexity index is 779. The van der Waals surface area contributed by atoms with Gasteiger partial charge in [0.15, 0.2) is 0 Å². The zero-order valence-electron chi connectivity index (χ0n) is 11.2.